The first-order valence-electron chi connectivity index (χ1n) is 12.6. The molecule has 0 radical (unpaired) electrons. The van der Waals surface area contributed by atoms with Gasteiger partial charge in [0.2, 0.25) is 5.78 Å². The Hall–Kier alpha value is -1.82. The predicted molar refractivity (Wildman–Crippen MR) is 130 cm³/mol. The molecule has 0 aromatic carbocycles. The standard InChI is InChI=1S/C29H39NO2/c1-18-19-8-9-22-27(4,20(19)16-21(31)24(18)32)13-15-29(6)23-17-26(3,30-7)12-10-25(23,2)11-14-28(22,29)5/h7-8,16,22-23H,9-15,17H2,1-6H3/p+1/t22?,23-,25-,26-,27+,28-,29+/m1/s1. The van der Waals surface area contributed by atoms with E-state index in [0.29, 0.717) is 17.3 Å². The van der Waals surface area contributed by atoms with Crippen LogP contribution in [0.3, 0.4) is 0 Å². The van der Waals surface area contributed by atoms with Gasteiger partial charge in [0.05, 0.1) is 0 Å². The molecule has 0 heterocycles. The molecule has 0 saturated heterocycles. The zero-order chi connectivity index (χ0) is 23.3. The lowest BCUT2D eigenvalue weighted by Gasteiger charge is -2.71. The Labute approximate surface area is 193 Å². The molecule has 5 aliphatic carbocycles. The Morgan fingerprint density at radius 3 is 2.28 bits per heavy atom. The fourth-order valence-corrected chi connectivity index (χ4v) is 9.19. The van der Waals surface area contributed by atoms with E-state index < -0.39 is 0 Å². The van der Waals surface area contributed by atoms with Gasteiger partial charge in [-0.3, -0.25) is 4.79 Å². The largest absolute Gasteiger partial charge is 0.504 e. The molecule has 7 atom stereocenters. The molecular weight excluding hydrogens is 394 g/mol. The van der Waals surface area contributed by atoms with Crippen LogP contribution in [0.25, 0.3) is 4.85 Å². The minimum atomic E-state index is -0.223. The highest BCUT2D eigenvalue weighted by Gasteiger charge is 2.69. The Kier molecular flexibility index (Phi) is 4.40. The SMILES string of the molecule is C#[N+][C@]1(C)CC[C@]2(C)CC[C@]3(C)C4CC=C5C(=CC(=O)C(O)=C5C)[C@]4(C)CC[C@@]3(C)[C@@H]2C1. The lowest BCUT2D eigenvalue weighted by Crippen LogP contribution is -2.64. The van der Waals surface area contributed by atoms with E-state index in [4.69, 9.17) is 6.57 Å². The maximum absolute atomic E-state index is 12.6. The number of hydrogen-bond donors (Lipinski definition) is 1. The van der Waals surface area contributed by atoms with Gasteiger partial charge in [0, 0.05) is 25.3 Å². The first-order valence-corrected chi connectivity index (χ1v) is 12.6. The highest BCUT2D eigenvalue weighted by Crippen LogP contribution is 2.76. The summed E-state index contributed by atoms with van der Waals surface area (Å²) >= 11 is 0. The van der Waals surface area contributed by atoms with Gasteiger partial charge in [0.1, 0.15) is 0 Å². The highest BCUT2D eigenvalue weighted by molar-refractivity contribution is 6.06. The van der Waals surface area contributed by atoms with Crippen molar-refractivity contribution in [3.63, 3.8) is 0 Å². The average molecular weight is 435 g/mol. The fraction of sp³-hybridized carbons (Fsp3) is 0.724. The van der Waals surface area contributed by atoms with Crippen molar-refractivity contribution >= 4 is 5.78 Å². The van der Waals surface area contributed by atoms with Gasteiger partial charge < -0.3 is 5.11 Å². The summed E-state index contributed by atoms with van der Waals surface area (Å²) in [6.07, 6.45) is 13.3. The number of nitrogens with zero attached hydrogens (tertiary/aromatic N) is 1. The highest BCUT2D eigenvalue weighted by atomic mass is 16.3. The number of aliphatic hydroxyl groups is 1. The summed E-state index contributed by atoms with van der Waals surface area (Å²) in [6.45, 7) is 20.2. The number of aliphatic hydroxyl groups excluding tert-OH is 1. The summed E-state index contributed by atoms with van der Waals surface area (Å²) in [4.78, 5) is 17.0. The number of hydrogen-bond acceptors (Lipinski definition) is 2. The van der Waals surface area contributed by atoms with E-state index in [-0.39, 0.29) is 33.3 Å². The molecule has 3 fully saturated rings. The normalized spacial score (nSPS) is 50.2. The summed E-state index contributed by atoms with van der Waals surface area (Å²) in [7, 11) is 0. The van der Waals surface area contributed by atoms with Crippen molar-refractivity contribution in [3.8, 4) is 6.57 Å². The molecular formula is C29H40NO2+. The van der Waals surface area contributed by atoms with Gasteiger partial charge in [-0.1, -0.05) is 38.6 Å². The summed E-state index contributed by atoms with van der Waals surface area (Å²) in [5.41, 5.74) is 3.71. The zero-order valence-electron chi connectivity index (χ0n) is 20.8. The summed E-state index contributed by atoms with van der Waals surface area (Å²) in [5.74, 6) is 0.813. The van der Waals surface area contributed by atoms with Crippen LogP contribution in [-0.2, 0) is 4.79 Å². The van der Waals surface area contributed by atoms with E-state index in [9.17, 15) is 9.90 Å². The van der Waals surface area contributed by atoms with Crippen LogP contribution in [0.4, 0.5) is 0 Å². The third-order valence-corrected chi connectivity index (χ3v) is 11.8. The molecule has 32 heavy (non-hydrogen) atoms. The molecule has 3 saturated carbocycles. The van der Waals surface area contributed by atoms with E-state index in [1.54, 1.807) is 6.08 Å². The first kappa shape index (κ1) is 22.0. The average Bonchev–Trinajstić information content (AvgIpc) is 2.76. The van der Waals surface area contributed by atoms with Crippen molar-refractivity contribution < 1.29 is 9.90 Å². The molecule has 0 aromatic rings. The Morgan fingerprint density at radius 2 is 1.59 bits per heavy atom. The molecule has 0 spiro atoms. The third kappa shape index (κ3) is 2.50. The second kappa shape index (κ2) is 6.40. The van der Waals surface area contributed by atoms with E-state index >= 15 is 0 Å². The van der Waals surface area contributed by atoms with Crippen LogP contribution in [0.5, 0.6) is 0 Å². The third-order valence-electron chi connectivity index (χ3n) is 11.8. The van der Waals surface area contributed by atoms with Crippen LogP contribution in [0.2, 0.25) is 0 Å². The molecule has 5 aliphatic rings. The van der Waals surface area contributed by atoms with Crippen LogP contribution in [0.1, 0.15) is 92.9 Å². The second-order valence-corrected chi connectivity index (χ2v) is 13.1. The Morgan fingerprint density at radius 1 is 0.969 bits per heavy atom. The van der Waals surface area contributed by atoms with Crippen molar-refractivity contribution in [1.82, 2.24) is 0 Å². The molecule has 0 aliphatic heterocycles. The summed E-state index contributed by atoms with van der Waals surface area (Å²) in [6, 6.07) is 0. The number of ketones is 1. The minimum absolute atomic E-state index is 0.0279. The Bertz CT molecular complexity index is 1040. The molecule has 3 nitrogen and oxygen atoms in total. The zero-order valence-corrected chi connectivity index (χ0v) is 20.8. The van der Waals surface area contributed by atoms with Gasteiger partial charge in [-0.25, -0.2) is 0 Å². The van der Waals surface area contributed by atoms with Crippen molar-refractivity contribution in [2.45, 2.75) is 98.4 Å². The molecule has 5 rings (SSSR count). The van der Waals surface area contributed by atoms with Crippen LogP contribution in [0.15, 0.2) is 34.6 Å². The predicted octanol–water partition coefficient (Wildman–Crippen LogP) is 7.41. The number of fused-ring (bicyclic) bond motifs is 7. The number of carbonyl (C=O) groups excluding carboxylic acids is 1. The van der Waals surface area contributed by atoms with E-state index in [1.165, 1.54) is 31.3 Å². The molecule has 0 bridgehead atoms. The van der Waals surface area contributed by atoms with E-state index in [0.717, 1.165) is 36.8 Å². The molecule has 172 valence electrons. The van der Waals surface area contributed by atoms with Crippen LogP contribution in [0, 0.1) is 40.1 Å². The lowest BCUT2D eigenvalue weighted by molar-refractivity contribution is -0.207. The minimum Gasteiger partial charge on any atom is -0.504 e. The molecule has 0 aromatic heterocycles. The number of allylic oxidation sites excluding steroid dienone is 5. The van der Waals surface area contributed by atoms with Gasteiger partial charge in [0.15, 0.2) is 5.76 Å². The lowest BCUT2D eigenvalue weighted by atomic mass is 9.33. The van der Waals surface area contributed by atoms with Gasteiger partial charge in [-0.05, 0) is 96.2 Å². The van der Waals surface area contributed by atoms with Crippen molar-refractivity contribution in [2.75, 3.05) is 0 Å². The Balaban J connectivity index is 1.61. The van der Waals surface area contributed by atoms with Gasteiger partial charge in [-0.15, -0.1) is 0 Å². The molecule has 3 heteroatoms. The number of carbonyl (C=O) groups is 1. The van der Waals surface area contributed by atoms with Crippen LogP contribution < -0.4 is 0 Å². The maximum Gasteiger partial charge on any atom is 0.278 e. The first-order chi connectivity index (χ1) is 14.8. The number of rotatable bonds is 0. The molecule has 1 unspecified atom stereocenters. The van der Waals surface area contributed by atoms with Crippen molar-refractivity contribution in [2.24, 2.45) is 33.5 Å². The van der Waals surface area contributed by atoms with Gasteiger partial charge >= 0.3 is 0 Å². The molecule has 1 N–H and O–H groups in total. The van der Waals surface area contributed by atoms with Gasteiger partial charge in [-0.2, -0.15) is 0 Å². The second-order valence-electron chi connectivity index (χ2n) is 13.1. The van der Waals surface area contributed by atoms with Crippen molar-refractivity contribution in [1.29, 1.82) is 0 Å². The van der Waals surface area contributed by atoms with Gasteiger partial charge in [0.25, 0.3) is 12.1 Å². The van der Waals surface area contributed by atoms with Crippen LogP contribution in [-0.4, -0.2) is 16.4 Å². The quantitative estimate of drug-likeness (QED) is 0.431. The monoisotopic (exact) mass is 434 g/mol. The summed E-state index contributed by atoms with van der Waals surface area (Å²) in [5, 5.41) is 10.3. The summed E-state index contributed by atoms with van der Waals surface area (Å²) < 4.78 is 0. The van der Waals surface area contributed by atoms with E-state index in [1.807, 2.05) is 6.92 Å². The fourth-order valence-electron chi connectivity index (χ4n) is 9.19. The smallest absolute Gasteiger partial charge is 0.278 e. The van der Waals surface area contributed by atoms with Crippen molar-refractivity contribution in [3.05, 3.63) is 39.5 Å². The topological polar surface area (TPSA) is 41.7 Å². The molecule has 0 amide bonds. The van der Waals surface area contributed by atoms with E-state index in [2.05, 4.69) is 45.5 Å². The maximum atomic E-state index is 12.6. The van der Waals surface area contributed by atoms with Crippen LogP contribution >= 0.6 is 0 Å².